The van der Waals surface area contributed by atoms with E-state index >= 15 is 0 Å². The maximum Gasteiger partial charge on any atom is 0.240 e. The first-order valence-corrected chi connectivity index (χ1v) is 7.74. The van der Waals surface area contributed by atoms with Gasteiger partial charge in [0.1, 0.15) is 5.82 Å². The van der Waals surface area contributed by atoms with Crippen LogP contribution in [0.4, 0.5) is 21.5 Å². The first-order valence-electron chi connectivity index (χ1n) is 5.88. The predicted molar refractivity (Wildman–Crippen MR) is 81.8 cm³/mol. The van der Waals surface area contributed by atoms with Crippen LogP contribution in [0, 0.1) is 5.82 Å². The SMILES string of the molecule is CNS(=O)(=O)c1ccc(Nc2cc(F)cc(Cl)c2)c(N)c1. The van der Waals surface area contributed by atoms with Crippen LogP contribution in [-0.4, -0.2) is 15.5 Å². The summed E-state index contributed by atoms with van der Waals surface area (Å²) in [7, 11) is -2.25. The summed E-state index contributed by atoms with van der Waals surface area (Å²) in [5.74, 6) is -0.488. The highest BCUT2D eigenvalue weighted by Gasteiger charge is 2.13. The van der Waals surface area contributed by atoms with Crippen LogP contribution in [0.2, 0.25) is 5.02 Å². The number of hydrogen-bond acceptors (Lipinski definition) is 4. The van der Waals surface area contributed by atoms with Crippen molar-refractivity contribution in [1.82, 2.24) is 4.72 Å². The Morgan fingerprint density at radius 3 is 2.48 bits per heavy atom. The van der Waals surface area contributed by atoms with Gasteiger partial charge in [-0.1, -0.05) is 11.6 Å². The van der Waals surface area contributed by atoms with Crippen molar-refractivity contribution in [2.24, 2.45) is 0 Å². The number of nitrogen functional groups attached to an aromatic ring is 1. The molecule has 0 fully saturated rings. The highest BCUT2D eigenvalue weighted by molar-refractivity contribution is 7.89. The molecule has 0 heterocycles. The van der Waals surface area contributed by atoms with Gasteiger partial charge in [-0.2, -0.15) is 0 Å². The predicted octanol–water partition coefficient (Wildman–Crippen LogP) is 2.71. The molecule has 0 atom stereocenters. The fourth-order valence-electron chi connectivity index (χ4n) is 1.72. The van der Waals surface area contributed by atoms with E-state index in [4.69, 9.17) is 17.3 Å². The van der Waals surface area contributed by atoms with Crippen molar-refractivity contribution in [3.05, 3.63) is 47.2 Å². The van der Waals surface area contributed by atoms with Gasteiger partial charge >= 0.3 is 0 Å². The van der Waals surface area contributed by atoms with E-state index in [-0.39, 0.29) is 15.6 Å². The molecule has 0 amide bonds. The number of nitrogens with two attached hydrogens (primary N) is 1. The molecule has 0 saturated carbocycles. The van der Waals surface area contributed by atoms with Crippen LogP contribution in [0.1, 0.15) is 0 Å². The van der Waals surface area contributed by atoms with Gasteiger partial charge in [0, 0.05) is 10.7 Å². The van der Waals surface area contributed by atoms with Crippen LogP contribution < -0.4 is 15.8 Å². The number of benzene rings is 2. The molecule has 0 aliphatic carbocycles. The molecule has 5 nitrogen and oxygen atoms in total. The Labute approximate surface area is 127 Å². The van der Waals surface area contributed by atoms with Crippen LogP contribution in [0.25, 0.3) is 0 Å². The normalized spacial score (nSPS) is 11.4. The van der Waals surface area contributed by atoms with Crippen molar-refractivity contribution in [2.45, 2.75) is 4.90 Å². The molecule has 4 N–H and O–H groups in total. The molecule has 2 aromatic rings. The molecule has 0 radical (unpaired) electrons. The smallest absolute Gasteiger partial charge is 0.240 e. The lowest BCUT2D eigenvalue weighted by atomic mass is 10.2. The van der Waals surface area contributed by atoms with Crippen LogP contribution in [0.5, 0.6) is 0 Å². The Balaban J connectivity index is 2.34. The molecule has 0 unspecified atom stereocenters. The fraction of sp³-hybridized carbons (Fsp3) is 0.0769. The molecule has 0 aliphatic rings. The van der Waals surface area contributed by atoms with Crippen molar-refractivity contribution >= 4 is 38.7 Å². The van der Waals surface area contributed by atoms with Crippen LogP contribution in [-0.2, 0) is 10.0 Å². The monoisotopic (exact) mass is 329 g/mol. The summed E-state index contributed by atoms with van der Waals surface area (Å²) < 4.78 is 38.8. The van der Waals surface area contributed by atoms with Gasteiger partial charge in [0.25, 0.3) is 0 Å². The molecule has 0 aliphatic heterocycles. The molecule has 21 heavy (non-hydrogen) atoms. The largest absolute Gasteiger partial charge is 0.397 e. The highest BCUT2D eigenvalue weighted by Crippen LogP contribution is 2.27. The molecular formula is C13H13ClFN3O2S. The molecule has 112 valence electrons. The second kappa shape index (κ2) is 5.88. The molecule has 2 aromatic carbocycles. The Kier molecular flexibility index (Phi) is 4.36. The van der Waals surface area contributed by atoms with Gasteiger partial charge in [0.05, 0.1) is 16.3 Å². The summed E-state index contributed by atoms with van der Waals surface area (Å²) in [6, 6.07) is 8.17. The first kappa shape index (κ1) is 15.6. The van der Waals surface area contributed by atoms with Gasteiger partial charge < -0.3 is 11.1 Å². The molecule has 0 saturated heterocycles. The summed E-state index contributed by atoms with van der Waals surface area (Å²) >= 11 is 5.76. The minimum atomic E-state index is -3.56. The summed E-state index contributed by atoms with van der Waals surface area (Å²) in [5, 5.41) is 3.13. The third-order valence-corrected chi connectivity index (χ3v) is 4.37. The van der Waals surface area contributed by atoms with E-state index in [0.717, 1.165) is 0 Å². The van der Waals surface area contributed by atoms with E-state index in [2.05, 4.69) is 10.0 Å². The summed E-state index contributed by atoms with van der Waals surface area (Å²) in [6.45, 7) is 0. The van der Waals surface area contributed by atoms with Crippen molar-refractivity contribution < 1.29 is 12.8 Å². The third-order valence-electron chi connectivity index (χ3n) is 2.74. The lowest BCUT2D eigenvalue weighted by Crippen LogP contribution is -2.18. The van der Waals surface area contributed by atoms with Gasteiger partial charge in [-0.25, -0.2) is 17.5 Å². The summed E-state index contributed by atoms with van der Waals surface area (Å²) in [6.07, 6.45) is 0. The minimum absolute atomic E-state index is 0.0466. The van der Waals surface area contributed by atoms with E-state index in [0.29, 0.717) is 11.4 Å². The third kappa shape index (κ3) is 3.63. The van der Waals surface area contributed by atoms with Gasteiger partial charge in [-0.15, -0.1) is 0 Å². The van der Waals surface area contributed by atoms with Gasteiger partial charge in [-0.3, -0.25) is 0 Å². The topological polar surface area (TPSA) is 84.2 Å². The van der Waals surface area contributed by atoms with E-state index in [1.54, 1.807) is 0 Å². The van der Waals surface area contributed by atoms with E-state index < -0.39 is 15.8 Å². The zero-order valence-electron chi connectivity index (χ0n) is 11.0. The lowest BCUT2D eigenvalue weighted by molar-refractivity contribution is 0.588. The molecule has 0 aromatic heterocycles. The maximum atomic E-state index is 13.3. The van der Waals surface area contributed by atoms with E-state index in [1.165, 1.54) is 43.4 Å². The van der Waals surface area contributed by atoms with Crippen molar-refractivity contribution in [3.63, 3.8) is 0 Å². The first-order chi connectivity index (χ1) is 9.81. The van der Waals surface area contributed by atoms with Crippen molar-refractivity contribution in [3.8, 4) is 0 Å². The summed E-state index contributed by atoms with van der Waals surface area (Å²) in [4.78, 5) is 0.0466. The van der Waals surface area contributed by atoms with Crippen molar-refractivity contribution in [2.75, 3.05) is 18.1 Å². The summed E-state index contributed by atoms with van der Waals surface area (Å²) in [5.41, 5.74) is 6.89. The van der Waals surface area contributed by atoms with Crippen LogP contribution in [0.3, 0.4) is 0 Å². The van der Waals surface area contributed by atoms with Gasteiger partial charge in [-0.05, 0) is 43.4 Å². The van der Waals surface area contributed by atoms with Crippen LogP contribution in [0.15, 0.2) is 41.3 Å². The average Bonchev–Trinajstić information content (AvgIpc) is 2.40. The zero-order valence-corrected chi connectivity index (χ0v) is 12.6. The number of halogens is 2. The van der Waals surface area contributed by atoms with Gasteiger partial charge in [0.15, 0.2) is 0 Å². The fourth-order valence-corrected chi connectivity index (χ4v) is 2.71. The Hall–Kier alpha value is -1.83. The van der Waals surface area contributed by atoms with Crippen LogP contribution >= 0.6 is 11.6 Å². The number of rotatable bonds is 4. The second-order valence-corrected chi connectivity index (χ2v) is 6.56. The quantitative estimate of drug-likeness (QED) is 0.753. The highest BCUT2D eigenvalue weighted by atomic mass is 35.5. The Bertz CT molecular complexity index is 761. The lowest BCUT2D eigenvalue weighted by Gasteiger charge is -2.11. The molecule has 0 spiro atoms. The molecule has 2 rings (SSSR count). The van der Waals surface area contributed by atoms with Crippen molar-refractivity contribution in [1.29, 1.82) is 0 Å². The second-order valence-electron chi connectivity index (χ2n) is 4.24. The standard InChI is InChI=1S/C13H13ClFN3O2S/c1-17-21(19,20)11-2-3-13(12(16)7-11)18-10-5-8(14)4-9(15)6-10/h2-7,17-18H,16H2,1H3. The number of anilines is 3. The number of nitrogens with one attached hydrogen (secondary N) is 2. The Morgan fingerprint density at radius 1 is 1.19 bits per heavy atom. The number of sulfonamides is 1. The minimum Gasteiger partial charge on any atom is -0.397 e. The van der Waals surface area contributed by atoms with Gasteiger partial charge in [0.2, 0.25) is 10.0 Å². The zero-order chi connectivity index (χ0) is 15.6. The van der Waals surface area contributed by atoms with E-state index in [9.17, 15) is 12.8 Å². The average molecular weight is 330 g/mol. The molecule has 8 heteroatoms. The molecular weight excluding hydrogens is 317 g/mol. The molecule has 0 bridgehead atoms. The van der Waals surface area contributed by atoms with E-state index in [1.807, 2.05) is 0 Å². The Morgan fingerprint density at radius 2 is 1.90 bits per heavy atom. The maximum absolute atomic E-state index is 13.3. The number of hydrogen-bond donors (Lipinski definition) is 3.